The van der Waals surface area contributed by atoms with Gasteiger partial charge in [-0.1, -0.05) is 30.3 Å². The third-order valence-electron chi connectivity index (χ3n) is 3.37. The molecule has 0 saturated heterocycles. The standard InChI is InChI=1S/C17H19NO3/c1-12-9-14(7-8-16(12)17(20)21)18-15(11-19)10-13-5-3-2-4-6-13/h2-9,15,18-19H,10-11H2,1H3,(H,20,21). The zero-order chi connectivity index (χ0) is 15.2. The molecule has 3 N–H and O–H groups in total. The average Bonchev–Trinajstić information content (AvgIpc) is 2.47. The fraction of sp³-hybridized carbons (Fsp3) is 0.235. The molecule has 0 radical (unpaired) electrons. The SMILES string of the molecule is Cc1cc(NC(CO)Cc2ccccc2)ccc1C(=O)O. The van der Waals surface area contributed by atoms with Gasteiger partial charge in [0.1, 0.15) is 0 Å². The summed E-state index contributed by atoms with van der Waals surface area (Å²) >= 11 is 0. The second-order valence-electron chi connectivity index (χ2n) is 5.05. The van der Waals surface area contributed by atoms with E-state index >= 15 is 0 Å². The highest BCUT2D eigenvalue weighted by atomic mass is 16.4. The Balaban J connectivity index is 2.08. The first kappa shape index (κ1) is 15.1. The van der Waals surface area contributed by atoms with Crippen LogP contribution in [0.5, 0.6) is 0 Å². The average molecular weight is 285 g/mol. The molecule has 0 aliphatic rings. The van der Waals surface area contributed by atoms with Crippen LogP contribution in [0.15, 0.2) is 48.5 Å². The van der Waals surface area contributed by atoms with Gasteiger partial charge in [-0.2, -0.15) is 0 Å². The van der Waals surface area contributed by atoms with Gasteiger partial charge in [-0.3, -0.25) is 0 Å². The van der Waals surface area contributed by atoms with Crippen molar-refractivity contribution in [2.75, 3.05) is 11.9 Å². The van der Waals surface area contributed by atoms with E-state index in [0.29, 0.717) is 17.5 Å². The van der Waals surface area contributed by atoms with Crippen molar-refractivity contribution in [2.24, 2.45) is 0 Å². The van der Waals surface area contributed by atoms with E-state index in [1.165, 1.54) is 0 Å². The number of aliphatic hydroxyl groups is 1. The predicted molar refractivity (Wildman–Crippen MR) is 82.8 cm³/mol. The number of aryl methyl sites for hydroxylation is 1. The van der Waals surface area contributed by atoms with Crippen molar-refractivity contribution >= 4 is 11.7 Å². The third-order valence-corrected chi connectivity index (χ3v) is 3.37. The first-order chi connectivity index (χ1) is 10.1. The molecular weight excluding hydrogens is 266 g/mol. The van der Waals surface area contributed by atoms with Crippen molar-refractivity contribution in [3.8, 4) is 0 Å². The minimum atomic E-state index is -0.929. The lowest BCUT2D eigenvalue weighted by Gasteiger charge is -2.18. The van der Waals surface area contributed by atoms with Gasteiger partial charge in [-0.25, -0.2) is 4.79 Å². The Morgan fingerprint density at radius 2 is 1.90 bits per heavy atom. The zero-order valence-corrected chi connectivity index (χ0v) is 11.9. The van der Waals surface area contributed by atoms with Crippen LogP contribution in [0, 0.1) is 6.92 Å². The summed E-state index contributed by atoms with van der Waals surface area (Å²) in [5.74, 6) is -0.929. The summed E-state index contributed by atoms with van der Waals surface area (Å²) in [5.41, 5.74) is 2.95. The van der Waals surface area contributed by atoms with Gasteiger partial charge >= 0.3 is 5.97 Å². The van der Waals surface area contributed by atoms with Gasteiger partial charge in [0.25, 0.3) is 0 Å². The number of carboxylic acids is 1. The molecule has 2 aromatic rings. The molecule has 4 nitrogen and oxygen atoms in total. The van der Waals surface area contributed by atoms with Gasteiger partial charge in [0, 0.05) is 5.69 Å². The lowest BCUT2D eigenvalue weighted by molar-refractivity contribution is 0.0696. The Labute approximate surface area is 124 Å². The molecule has 0 spiro atoms. The molecule has 4 heteroatoms. The largest absolute Gasteiger partial charge is 0.478 e. The van der Waals surface area contributed by atoms with E-state index in [1.54, 1.807) is 25.1 Å². The number of benzene rings is 2. The van der Waals surface area contributed by atoms with Gasteiger partial charge in [-0.05, 0) is 42.7 Å². The molecule has 2 rings (SSSR count). The number of hydrogen-bond acceptors (Lipinski definition) is 3. The Bertz CT molecular complexity index is 611. The Morgan fingerprint density at radius 1 is 1.19 bits per heavy atom. The zero-order valence-electron chi connectivity index (χ0n) is 11.9. The first-order valence-corrected chi connectivity index (χ1v) is 6.85. The number of hydrogen-bond donors (Lipinski definition) is 3. The number of rotatable bonds is 6. The summed E-state index contributed by atoms with van der Waals surface area (Å²) in [7, 11) is 0. The van der Waals surface area contributed by atoms with Crippen molar-refractivity contribution in [3.05, 3.63) is 65.2 Å². The quantitative estimate of drug-likeness (QED) is 0.763. The summed E-state index contributed by atoms with van der Waals surface area (Å²) in [4.78, 5) is 11.0. The summed E-state index contributed by atoms with van der Waals surface area (Å²) in [6.45, 7) is 1.77. The molecular formula is C17H19NO3. The Morgan fingerprint density at radius 3 is 2.48 bits per heavy atom. The van der Waals surface area contributed by atoms with Crippen LogP contribution >= 0.6 is 0 Å². The number of aromatic carboxylic acids is 1. The lowest BCUT2D eigenvalue weighted by atomic mass is 10.0. The maximum Gasteiger partial charge on any atom is 0.335 e. The maximum atomic E-state index is 11.0. The highest BCUT2D eigenvalue weighted by molar-refractivity contribution is 5.89. The molecule has 0 aliphatic heterocycles. The molecule has 0 heterocycles. The number of aliphatic hydroxyl groups excluding tert-OH is 1. The van der Waals surface area contributed by atoms with E-state index in [9.17, 15) is 9.90 Å². The maximum absolute atomic E-state index is 11.0. The predicted octanol–water partition coefficient (Wildman–Crippen LogP) is 2.71. The second-order valence-corrected chi connectivity index (χ2v) is 5.05. The van der Waals surface area contributed by atoms with Crippen LogP contribution in [0.1, 0.15) is 21.5 Å². The smallest absolute Gasteiger partial charge is 0.335 e. The Kier molecular flexibility index (Phi) is 4.95. The van der Waals surface area contributed by atoms with Crippen molar-refractivity contribution in [1.82, 2.24) is 0 Å². The molecule has 0 aromatic heterocycles. The van der Waals surface area contributed by atoms with E-state index in [-0.39, 0.29) is 12.6 Å². The summed E-state index contributed by atoms with van der Waals surface area (Å²) in [6, 6.07) is 14.9. The molecule has 1 atom stereocenters. The molecule has 0 bridgehead atoms. The van der Waals surface area contributed by atoms with Crippen LogP contribution in [0.2, 0.25) is 0 Å². The number of anilines is 1. The van der Waals surface area contributed by atoms with Gasteiger partial charge in [0.15, 0.2) is 0 Å². The highest BCUT2D eigenvalue weighted by Crippen LogP contribution is 2.17. The van der Waals surface area contributed by atoms with Gasteiger partial charge in [0.2, 0.25) is 0 Å². The van der Waals surface area contributed by atoms with Crippen LogP contribution in [-0.2, 0) is 6.42 Å². The fourth-order valence-corrected chi connectivity index (χ4v) is 2.29. The number of carboxylic acid groups (broad SMARTS) is 1. The molecule has 1 unspecified atom stereocenters. The number of nitrogens with one attached hydrogen (secondary N) is 1. The van der Waals surface area contributed by atoms with E-state index in [1.807, 2.05) is 30.3 Å². The minimum absolute atomic E-state index is 0.00856. The van der Waals surface area contributed by atoms with Crippen molar-refractivity contribution in [3.63, 3.8) is 0 Å². The second kappa shape index (κ2) is 6.90. The van der Waals surface area contributed by atoms with E-state index < -0.39 is 5.97 Å². The highest BCUT2D eigenvalue weighted by Gasteiger charge is 2.11. The topological polar surface area (TPSA) is 69.6 Å². The lowest BCUT2D eigenvalue weighted by Crippen LogP contribution is -2.26. The van der Waals surface area contributed by atoms with Crippen LogP contribution in [0.25, 0.3) is 0 Å². The van der Waals surface area contributed by atoms with Crippen molar-refractivity contribution < 1.29 is 15.0 Å². The van der Waals surface area contributed by atoms with E-state index in [2.05, 4.69) is 5.32 Å². The molecule has 0 fully saturated rings. The van der Waals surface area contributed by atoms with Crippen LogP contribution in [0.4, 0.5) is 5.69 Å². The Hall–Kier alpha value is -2.33. The summed E-state index contributed by atoms with van der Waals surface area (Å²) < 4.78 is 0. The van der Waals surface area contributed by atoms with Crippen LogP contribution in [0.3, 0.4) is 0 Å². The third kappa shape index (κ3) is 4.07. The molecule has 2 aromatic carbocycles. The van der Waals surface area contributed by atoms with Gasteiger partial charge in [-0.15, -0.1) is 0 Å². The molecule has 0 aliphatic carbocycles. The van der Waals surface area contributed by atoms with Crippen molar-refractivity contribution in [2.45, 2.75) is 19.4 Å². The molecule has 0 amide bonds. The van der Waals surface area contributed by atoms with Crippen molar-refractivity contribution in [1.29, 1.82) is 0 Å². The fourth-order valence-electron chi connectivity index (χ4n) is 2.29. The minimum Gasteiger partial charge on any atom is -0.478 e. The molecule has 21 heavy (non-hydrogen) atoms. The summed E-state index contributed by atoms with van der Waals surface area (Å²) in [6.07, 6.45) is 0.705. The van der Waals surface area contributed by atoms with E-state index in [0.717, 1.165) is 11.3 Å². The normalized spacial score (nSPS) is 11.9. The van der Waals surface area contributed by atoms with Gasteiger partial charge in [0.05, 0.1) is 18.2 Å². The van der Waals surface area contributed by atoms with Crippen LogP contribution in [-0.4, -0.2) is 28.8 Å². The summed E-state index contributed by atoms with van der Waals surface area (Å²) in [5, 5.41) is 21.8. The molecule has 0 saturated carbocycles. The monoisotopic (exact) mass is 285 g/mol. The van der Waals surface area contributed by atoms with Gasteiger partial charge < -0.3 is 15.5 Å². The number of carbonyl (C=O) groups is 1. The van der Waals surface area contributed by atoms with E-state index in [4.69, 9.17) is 5.11 Å². The first-order valence-electron chi connectivity index (χ1n) is 6.85. The molecule has 110 valence electrons. The van der Waals surface area contributed by atoms with Crippen LogP contribution < -0.4 is 5.32 Å².